The lowest BCUT2D eigenvalue weighted by Crippen LogP contribution is -2.38. The predicted octanol–water partition coefficient (Wildman–Crippen LogP) is 3.06. The molecule has 1 aliphatic heterocycles. The van der Waals surface area contributed by atoms with Gasteiger partial charge in [0, 0.05) is 37.9 Å². The first-order chi connectivity index (χ1) is 11.7. The summed E-state index contributed by atoms with van der Waals surface area (Å²) in [5.41, 5.74) is 3.82. The molecule has 3 aromatic rings. The summed E-state index contributed by atoms with van der Waals surface area (Å²) in [5, 5.41) is 0. The summed E-state index contributed by atoms with van der Waals surface area (Å²) in [7, 11) is 0. The van der Waals surface area contributed by atoms with Crippen molar-refractivity contribution in [3.05, 3.63) is 65.9 Å². The quantitative estimate of drug-likeness (QED) is 0.729. The highest BCUT2D eigenvalue weighted by Crippen LogP contribution is 2.30. The van der Waals surface area contributed by atoms with Gasteiger partial charge in [0.2, 0.25) is 0 Å². The fourth-order valence-electron chi connectivity index (χ4n) is 3.59. The highest BCUT2D eigenvalue weighted by Gasteiger charge is 2.27. The van der Waals surface area contributed by atoms with E-state index < -0.39 is 0 Å². The van der Waals surface area contributed by atoms with Crippen LogP contribution >= 0.6 is 0 Å². The number of benzene rings is 1. The van der Waals surface area contributed by atoms with Crippen LogP contribution in [0.2, 0.25) is 0 Å². The first-order valence-electron chi connectivity index (χ1n) is 8.36. The van der Waals surface area contributed by atoms with E-state index in [2.05, 4.69) is 41.2 Å². The van der Waals surface area contributed by atoms with Crippen LogP contribution in [0.5, 0.6) is 0 Å². The minimum Gasteiger partial charge on any atom is -0.337 e. The Morgan fingerprint density at radius 3 is 2.54 bits per heavy atom. The zero-order valence-electron chi connectivity index (χ0n) is 13.7. The second-order valence-corrected chi connectivity index (χ2v) is 6.36. The van der Waals surface area contributed by atoms with Gasteiger partial charge in [-0.1, -0.05) is 24.3 Å². The van der Waals surface area contributed by atoms with Crippen molar-refractivity contribution in [2.45, 2.75) is 25.7 Å². The Bertz CT molecular complexity index is 878. The first kappa shape index (κ1) is 14.9. The largest absolute Gasteiger partial charge is 0.337 e. The molecule has 1 fully saturated rings. The molecular weight excluding hydrogens is 300 g/mol. The minimum atomic E-state index is -0.0185. The van der Waals surface area contributed by atoms with E-state index in [1.807, 2.05) is 21.7 Å². The van der Waals surface area contributed by atoms with Crippen molar-refractivity contribution in [3.63, 3.8) is 0 Å². The van der Waals surface area contributed by atoms with Crippen molar-refractivity contribution in [3.8, 4) is 0 Å². The van der Waals surface area contributed by atoms with Crippen molar-refractivity contribution in [1.82, 2.24) is 19.3 Å². The molecule has 0 atom stereocenters. The van der Waals surface area contributed by atoms with Crippen LogP contribution < -0.4 is 0 Å². The molecule has 1 aliphatic rings. The average molecular weight is 320 g/mol. The fourth-order valence-corrected chi connectivity index (χ4v) is 3.59. The number of likely N-dealkylation sites (tertiary alicyclic amines) is 1. The number of carbonyl (C=O) groups is 1. The Hall–Kier alpha value is -2.69. The third-order valence-corrected chi connectivity index (χ3v) is 4.92. The number of piperidine rings is 1. The van der Waals surface area contributed by atoms with E-state index in [0.29, 0.717) is 17.3 Å². The molecule has 0 N–H and O–H groups in total. The van der Waals surface area contributed by atoms with Gasteiger partial charge in [-0.25, -0.2) is 9.97 Å². The number of hydrogen-bond acceptors (Lipinski definition) is 3. The summed E-state index contributed by atoms with van der Waals surface area (Å²) in [6.07, 6.45) is 8.98. The molecule has 1 aromatic carbocycles. The van der Waals surface area contributed by atoms with E-state index in [1.54, 1.807) is 12.4 Å². The number of rotatable bonds is 2. The van der Waals surface area contributed by atoms with Crippen molar-refractivity contribution in [1.29, 1.82) is 0 Å². The lowest BCUT2D eigenvalue weighted by Gasteiger charge is -2.32. The Kier molecular flexibility index (Phi) is 3.76. The van der Waals surface area contributed by atoms with Gasteiger partial charge in [0.15, 0.2) is 11.3 Å². The van der Waals surface area contributed by atoms with Gasteiger partial charge < -0.3 is 9.30 Å². The second-order valence-electron chi connectivity index (χ2n) is 6.36. The molecule has 5 nitrogen and oxygen atoms in total. The first-order valence-corrected chi connectivity index (χ1v) is 8.36. The smallest absolute Gasteiger partial charge is 0.276 e. The molecule has 0 saturated carbocycles. The number of fused-ring (bicyclic) bond motifs is 1. The highest BCUT2D eigenvalue weighted by atomic mass is 16.2. The molecule has 0 unspecified atom stereocenters. The van der Waals surface area contributed by atoms with Gasteiger partial charge in [-0.15, -0.1) is 0 Å². The average Bonchev–Trinajstić information content (AvgIpc) is 3.10. The molecule has 1 amide bonds. The zero-order chi connectivity index (χ0) is 16.5. The molecule has 4 rings (SSSR count). The highest BCUT2D eigenvalue weighted by molar-refractivity contribution is 5.97. The summed E-state index contributed by atoms with van der Waals surface area (Å²) in [6.45, 7) is 3.69. The van der Waals surface area contributed by atoms with Crippen LogP contribution in [0.15, 0.2) is 49.1 Å². The van der Waals surface area contributed by atoms with E-state index in [1.165, 1.54) is 11.1 Å². The summed E-state index contributed by atoms with van der Waals surface area (Å²) in [5.74, 6) is 0.514. The summed E-state index contributed by atoms with van der Waals surface area (Å²) in [4.78, 5) is 23.3. The maximum absolute atomic E-state index is 12.8. The second kappa shape index (κ2) is 6.07. The summed E-state index contributed by atoms with van der Waals surface area (Å²) < 4.78 is 1.83. The van der Waals surface area contributed by atoms with Crippen LogP contribution in [-0.4, -0.2) is 38.3 Å². The van der Waals surface area contributed by atoms with Gasteiger partial charge in [0.25, 0.3) is 5.91 Å². The number of nitrogens with zero attached hydrogens (tertiary/aromatic N) is 4. The number of amides is 1. The number of hydrogen-bond donors (Lipinski definition) is 0. The number of imidazole rings is 1. The van der Waals surface area contributed by atoms with E-state index in [0.717, 1.165) is 25.9 Å². The molecule has 122 valence electrons. The van der Waals surface area contributed by atoms with Gasteiger partial charge in [0.05, 0.1) is 0 Å². The van der Waals surface area contributed by atoms with Crippen molar-refractivity contribution < 1.29 is 4.79 Å². The van der Waals surface area contributed by atoms with E-state index in [4.69, 9.17) is 0 Å². The van der Waals surface area contributed by atoms with E-state index >= 15 is 0 Å². The third kappa shape index (κ3) is 2.56. The van der Waals surface area contributed by atoms with Crippen molar-refractivity contribution in [2.24, 2.45) is 0 Å². The van der Waals surface area contributed by atoms with E-state index in [-0.39, 0.29) is 5.91 Å². The molecule has 0 spiro atoms. The van der Waals surface area contributed by atoms with Gasteiger partial charge in [0.1, 0.15) is 0 Å². The van der Waals surface area contributed by atoms with Gasteiger partial charge in [-0.2, -0.15) is 0 Å². The zero-order valence-corrected chi connectivity index (χ0v) is 13.7. The molecule has 0 radical (unpaired) electrons. The Morgan fingerprint density at radius 1 is 1.08 bits per heavy atom. The molecule has 2 aromatic heterocycles. The van der Waals surface area contributed by atoms with Gasteiger partial charge in [-0.3, -0.25) is 4.79 Å². The van der Waals surface area contributed by atoms with Crippen LogP contribution in [0.1, 0.15) is 40.4 Å². The molecule has 3 heterocycles. The standard InChI is InChI=1S/C19H20N4O/c1-14-4-2-3-5-16(14)15-6-10-23(11-7-15)19(24)17-18-21-9-13-22(18)12-8-20-17/h2-5,8-9,12-13,15H,6-7,10-11H2,1H3. The predicted molar refractivity (Wildman–Crippen MR) is 92.0 cm³/mol. The molecular formula is C19H20N4O. The van der Waals surface area contributed by atoms with Crippen LogP contribution in [0.4, 0.5) is 0 Å². The molecule has 24 heavy (non-hydrogen) atoms. The summed E-state index contributed by atoms with van der Waals surface area (Å²) >= 11 is 0. The topological polar surface area (TPSA) is 50.5 Å². The van der Waals surface area contributed by atoms with Crippen molar-refractivity contribution >= 4 is 11.6 Å². The van der Waals surface area contributed by atoms with Crippen LogP contribution in [-0.2, 0) is 0 Å². The normalized spacial score (nSPS) is 15.8. The van der Waals surface area contributed by atoms with Crippen LogP contribution in [0, 0.1) is 6.92 Å². The Labute approximate surface area is 141 Å². The van der Waals surface area contributed by atoms with E-state index in [9.17, 15) is 4.79 Å². The maximum atomic E-state index is 12.8. The lowest BCUT2D eigenvalue weighted by molar-refractivity contribution is 0.0708. The fraction of sp³-hybridized carbons (Fsp3) is 0.316. The van der Waals surface area contributed by atoms with Crippen LogP contribution in [0.3, 0.4) is 0 Å². The van der Waals surface area contributed by atoms with Gasteiger partial charge >= 0.3 is 0 Å². The number of aromatic nitrogens is 3. The van der Waals surface area contributed by atoms with Crippen LogP contribution in [0.25, 0.3) is 5.65 Å². The monoisotopic (exact) mass is 320 g/mol. The molecule has 0 bridgehead atoms. The number of aryl methyl sites for hydroxylation is 1. The maximum Gasteiger partial charge on any atom is 0.276 e. The molecule has 0 aliphatic carbocycles. The van der Waals surface area contributed by atoms with Crippen molar-refractivity contribution in [2.75, 3.05) is 13.1 Å². The summed E-state index contributed by atoms with van der Waals surface area (Å²) in [6, 6.07) is 8.55. The minimum absolute atomic E-state index is 0.0185. The number of carbonyl (C=O) groups excluding carboxylic acids is 1. The molecule has 1 saturated heterocycles. The Balaban J connectivity index is 1.51. The SMILES string of the molecule is Cc1ccccc1C1CCN(C(=O)c2nccn3ccnc23)CC1. The Morgan fingerprint density at radius 2 is 1.79 bits per heavy atom. The third-order valence-electron chi connectivity index (χ3n) is 4.92. The van der Waals surface area contributed by atoms with Gasteiger partial charge in [-0.05, 0) is 36.8 Å². The lowest BCUT2D eigenvalue weighted by atomic mass is 9.87. The molecule has 5 heteroatoms.